The summed E-state index contributed by atoms with van der Waals surface area (Å²) in [5.41, 5.74) is 1.49. The van der Waals surface area contributed by atoms with Gasteiger partial charge >= 0.3 is 0 Å². The zero-order chi connectivity index (χ0) is 14.8. The maximum Gasteiger partial charge on any atom is 0.161 e. The van der Waals surface area contributed by atoms with E-state index in [1.807, 2.05) is 0 Å². The summed E-state index contributed by atoms with van der Waals surface area (Å²) in [7, 11) is 0. The first kappa shape index (κ1) is 15.2. The predicted octanol–water partition coefficient (Wildman–Crippen LogP) is 4.53. The van der Waals surface area contributed by atoms with Crippen LogP contribution in [0.1, 0.15) is 32.8 Å². The molecule has 0 aliphatic carbocycles. The Kier molecular flexibility index (Phi) is 4.62. The van der Waals surface area contributed by atoms with Crippen LogP contribution in [0.4, 0.5) is 5.69 Å². The molecule has 1 aliphatic rings. The maximum absolute atomic E-state index is 8.95. The minimum absolute atomic E-state index is 0.159. The smallest absolute Gasteiger partial charge is 0.161 e. The molecule has 1 atom stereocenters. The fourth-order valence-electron chi connectivity index (χ4n) is 2.01. The molecule has 1 N–H and O–H groups in total. The zero-order valence-corrected chi connectivity index (χ0v) is 13.5. The number of benzene rings is 1. The molecule has 3 nitrogen and oxygen atoms in total. The van der Waals surface area contributed by atoms with Gasteiger partial charge in [-0.25, -0.2) is 0 Å². The molecule has 1 aromatic carbocycles. The first-order valence-corrected chi connectivity index (χ1v) is 7.94. The van der Waals surface area contributed by atoms with Crippen molar-refractivity contribution in [3.63, 3.8) is 0 Å². The first-order chi connectivity index (χ1) is 9.40. The summed E-state index contributed by atoms with van der Waals surface area (Å²) in [5.74, 6) is 1.04. The average Bonchev–Trinajstić information content (AvgIpc) is 2.41. The molecule has 5 heteroatoms. The van der Waals surface area contributed by atoms with Crippen molar-refractivity contribution in [3.8, 4) is 6.07 Å². The molecule has 0 fully saturated rings. The lowest BCUT2D eigenvalue weighted by Gasteiger charge is -2.31. The number of amidine groups is 1. The summed E-state index contributed by atoms with van der Waals surface area (Å²) < 4.78 is 0. The van der Waals surface area contributed by atoms with Gasteiger partial charge in [0.05, 0.1) is 28.4 Å². The summed E-state index contributed by atoms with van der Waals surface area (Å²) in [6.07, 6.45) is 1.09. The van der Waals surface area contributed by atoms with Crippen molar-refractivity contribution in [1.29, 1.82) is 5.26 Å². The monoisotopic (exact) mass is 307 g/mol. The van der Waals surface area contributed by atoms with Crippen LogP contribution in [0.15, 0.2) is 23.2 Å². The molecule has 0 saturated heterocycles. The van der Waals surface area contributed by atoms with E-state index in [1.54, 1.807) is 30.0 Å². The lowest BCUT2D eigenvalue weighted by molar-refractivity contribution is 0.316. The molecule has 1 unspecified atom stereocenters. The van der Waals surface area contributed by atoms with Gasteiger partial charge in [-0.2, -0.15) is 5.26 Å². The Labute approximate surface area is 129 Å². The summed E-state index contributed by atoms with van der Waals surface area (Å²) in [5, 5.41) is 13.7. The number of hydrogen-bond acceptors (Lipinski definition) is 4. The Morgan fingerprint density at radius 1 is 1.45 bits per heavy atom. The fourth-order valence-corrected chi connectivity index (χ4v) is 3.09. The topological polar surface area (TPSA) is 48.2 Å². The van der Waals surface area contributed by atoms with Crippen LogP contribution in [0.2, 0.25) is 5.02 Å². The maximum atomic E-state index is 8.95. The van der Waals surface area contributed by atoms with E-state index < -0.39 is 0 Å². The Balaban J connectivity index is 2.22. The number of rotatable bonds is 1. The second-order valence-corrected chi connectivity index (χ2v) is 7.38. The highest BCUT2D eigenvalue weighted by Crippen LogP contribution is 2.32. The lowest BCUT2D eigenvalue weighted by atomic mass is 9.85. The molecule has 106 valence electrons. The first-order valence-electron chi connectivity index (χ1n) is 6.57. The van der Waals surface area contributed by atoms with Crippen molar-refractivity contribution in [2.75, 3.05) is 11.1 Å². The van der Waals surface area contributed by atoms with Gasteiger partial charge in [-0.05, 0) is 30.0 Å². The van der Waals surface area contributed by atoms with Crippen molar-refractivity contribution >= 4 is 34.2 Å². The molecule has 0 radical (unpaired) electrons. The molecule has 20 heavy (non-hydrogen) atoms. The molecule has 1 aliphatic heterocycles. The van der Waals surface area contributed by atoms with Gasteiger partial charge in [-0.1, -0.05) is 44.1 Å². The van der Waals surface area contributed by atoms with E-state index in [2.05, 4.69) is 32.2 Å². The van der Waals surface area contributed by atoms with Crippen molar-refractivity contribution < 1.29 is 0 Å². The minimum Gasteiger partial charge on any atom is -0.334 e. The number of anilines is 1. The van der Waals surface area contributed by atoms with E-state index >= 15 is 0 Å². The molecule has 0 amide bonds. The molecule has 1 heterocycles. The second kappa shape index (κ2) is 6.07. The van der Waals surface area contributed by atoms with Gasteiger partial charge in [-0.15, -0.1) is 0 Å². The Hall–Kier alpha value is -1.18. The van der Waals surface area contributed by atoms with Gasteiger partial charge in [0.1, 0.15) is 0 Å². The Morgan fingerprint density at radius 3 is 2.85 bits per heavy atom. The number of hydrogen-bond donors (Lipinski definition) is 1. The van der Waals surface area contributed by atoms with E-state index in [1.165, 1.54) is 0 Å². The number of thioether (sulfide) groups is 1. The van der Waals surface area contributed by atoms with Crippen molar-refractivity contribution in [2.24, 2.45) is 10.4 Å². The number of aliphatic imine (C=N–C) groups is 1. The molecule has 0 aromatic heterocycles. The van der Waals surface area contributed by atoms with Gasteiger partial charge in [0, 0.05) is 5.75 Å². The summed E-state index contributed by atoms with van der Waals surface area (Å²) in [6, 6.07) is 7.63. The van der Waals surface area contributed by atoms with Crippen LogP contribution in [0.5, 0.6) is 0 Å². The quantitative estimate of drug-likeness (QED) is 0.829. The Bertz CT molecular complexity index is 569. The second-order valence-electron chi connectivity index (χ2n) is 5.88. The van der Waals surface area contributed by atoms with Gasteiger partial charge in [0.2, 0.25) is 0 Å². The van der Waals surface area contributed by atoms with Crippen molar-refractivity contribution in [2.45, 2.75) is 33.2 Å². The molecule has 2 rings (SSSR count). The van der Waals surface area contributed by atoms with E-state index in [4.69, 9.17) is 21.9 Å². The fraction of sp³-hybridized carbons (Fsp3) is 0.467. The minimum atomic E-state index is 0.159. The molecule has 1 aromatic rings. The van der Waals surface area contributed by atoms with E-state index in [9.17, 15) is 0 Å². The highest BCUT2D eigenvalue weighted by atomic mass is 35.5. The zero-order valence-electron chi connectivity index (χ0n) is 11.9. The number of halogens is 1. The standard InChI is InChI=1S/C15H18ClN3S/c1-15(2,3)13-6-7-20-14(19-13)18-12-8-10(9-17)4-5-11(12)16/h4-5,8,13H,6-7H2,1-3H3,(H,18,19). The van der Waals surface area contributed by atoms with Crippen LogP contribution in [0.3, 0.4) is 0 Å². The van der Waals surface area contributed by atoms with Crippen molar-refractivity contribution in [1.82, 2.24) is 0 Å². The number of nitriles is 1. The normalized spacial score (nSPS) is 19.1. The molecular formula is C15H18ClN3S. The third-order valence-electron chi connectivity index (χ3n) is 3.24. The van der Waals surface area contributed by atoms with Gasteiger partial charge in [0.25, 0.3) is 0 Å². The van der Waals surface area contributed by atoms with Gasteiger partial charge in [0.15, 0.2) is 5.17 Å². The van der Waals surface area contributed by atoms with Crippen LogP contribution in [-0.2, 0) is 0 Å². The summed E-state index contributed by atoms with van der Waals surface area (Å²) in [4.78, 5) is 4.77. The van der Waals surface area contributed by atoms with Crippen LogP contribution in [0.25, 0.3) is 0 Å². The largest absolute Gasteiger partial charge is 0.334 e. The summed E-state index contributed by atoms with van der Waals surface area (Å²) in [6.45, 7) is 6.62. The molecular weight excluding hydrogens is 290 g/mol. The van der Waals surface area contributed by atoms with Gasteiger partial charge < -0.3 is 5.32 Å². The highest BCUT2D eigenvalue weighted by Gasteiger charge is 2.27. The highest BCUT2D eigenvalue weighted by molar-refractivity contribution is 8.14. The van der Waals surface area contributed by atoms with Crippen LogP contribution in [0, 0.1) is 16.7 Å². The molecule has 0 spiro atoms. The van der Waals surface area contributed by atoms with Crippen LogP contribution < -0.4 is 5.32 Å². The molecule has 0 bridgehead atoms. The Morgan fingerprint density at radius 2 is 2.20 bits per heavy atom. The third kappa shape index (κ3) is 3.68. The molecule has 0 saturated carbocycles. The number of nitrogens with zero attached hydrogens (tertiary/aromatic N) is 2. The van der Waals surface area contributed by atoms with Crippen LogP contribution in [-0.4, -0.2) is 17.0 Å². The van der Waals surface area contributed by atoms with E-state index in [0.29, 0.717) is 16.6 Å². The number of nitrogens with one attached hydrogen (secondary N) is 1. The predicted molar refractivity (Wildman–Crippen MR) is 87.5 cm³/mol. The SMILES string of the molecule is CC(C)(C)C1CCSC(Nc2cc(C#N)ccc2Cl)=N1. The lowest BCUT2D eigenvalue weighted by Crippen LogP contribution is -2.30. The van der Waals surface area contributed by atoms with Crippen molar-refractivity contribution in [3.05, 3.63) is 28.8 Å². The van der Waals surface area contributed by atoms with Gasteiger partial charge in [-0.3, -0.25) is 4.99 Å². The van der Waals surface area contributed by atoms with E-state index in [0.717, 1.165) is 23.0 Å². The van der Waals surface area contributed by atoms with Crippen LogP contribution >= 0.6 is 23.4 Å². The third-order valence-corrected chi connectivity index (χ3v) is 4.49. The van der Waals surface area contributed by atoms with E-state index in [-0.39, 0.29) is 5.41 Å². The summed E-state index contributed by atoms with van der Waals surface area (Å²) >= 11 is 7.86. The average molecular weight is 308 g/mol.